The largest absolute Gasteiger partial charge is 0.384 e. The summed E-state index contributed by atoms with van der Waals surface area (Å²) in [7, 11) is 1.66. The van der Waals surface area contributed by atoms with Crippen LogP contribution in [-0.4, -0.2) is 47.5 Å². The molecular weight excluding hydrogens is 318 g/mol. The van der Waals surface area contributed by atoms with Crippen LogP contribution in [0.15, 0.2) is 36.9 Å². The zero-order valence-corrected chi connectivity index (χ0v) is 14.7. The first kappa shape index (κ1) is 17.6. The average Bonchev–Trinajstić information content (AvgIpc) is 3.17. The number of rotatable bonds is 6. The summed E-state index contributed by atoms with van der Waals surface area (Å²) in [5.41, 5.74) is 1.56. The van der Waals surface area contributed by atoms with E-state index in [2.05, 4.69) is 20.7 Å². The predicted octanol–water partition coefficient (Wildman–Crippen LogP) is 1.46. The van der Waals surface area contributed by atoms with E-state index in [4.69, 9.17) is 4.74 Å². The highest BCUT2D eigenvalue weighted by molar-refractivity contribution is 5.83. The van der Waals surface area contributed by atoms with E-state index in [-0.39, 0.29) is 11.9 Å². The summed E-state index contributed by atoms with van der Waals surface area (Å²) in [5, 5.41) is 10.6. The molecule has 134 valence electrons. The number of carbonyl (C=O) groups excluding carboxylic acids is 1. The Morgan fingerprint density at radius 2 is 2.08 bits per heavy atom. The van der Waals surface area contributed by atoms with Crippen molar-refractivity contribution in [1.82, 2.24) is 25.4 Å². The molecule has 25 heavy (non-hydrogen) atoms. The summed E-state index contributed by atoms with van der Waals surface area (Å²) in [6, 6.07) is 7.89. The van der Waals surface area contributed by atoms with Crippen molar-refractivity contribution >= 4 is 5.91 Å². The molecule has 0 saturated carbocycles. The Balaban J connectivity index is 1.68. The third-order valence-corrected chi connectivity index (χ3v) is 4.89. The van der Waals surface area contributed by atoms with Gasteiger partial charge < -0.3 is 15.4 Å². The first-order valence-electron chi connectivity index (χ1n) is 8.60. The molecule has 1 saturated heterocycles. The van der Waals surface area contributed by atoms with Crippen LogP contribution in [0.25, 0.3) is 5.69 Å². The van der Waals surface area contributed by atoms with Crippen molar-refractivity contribution in [2.45, 2.75) is 25.8 Å². The Morgan fingerprint density at radius 3 is 2.68 bits per heavy atom. The molecule has 7 nitrogen and oxygen atoms in total. The Kier molecular flexibility index (Phi) is 5.45. The third kappa shape index (κ3) is 3.88. The number of amides is 1. The minimum absolute atomic E-state index is 0.0686. The van der Waals surface area contributed by atoms with Gasteiger partial charge in [-0.3, -0.25) is 4.79 Å². The van der Waals surface area contributed by atoms with Gasteiger partial charge >= 0.3 is 0 Å². The molecule has 1 aliphatic heterocycles. The molecule has 1 aromatic heterocycles. The van der Waals surface area contributed by atoms with Crippen molar-refractivity contribution in [3.63, 3.8) is 0 Å². The van der Waals surface area contributed by atoms with Crippen LogP contribution in [0.2, 0.25) is 0 Å². The van der Waals surface area contributed by atoms with Crippen LogP contribution < -0.4 is 10.6 Å². The summed E-state index contributed by atoms with van der Waals surface area (Å²) < 4.78 is 7.05. The lowest BCUT2D eigenvalue weighted by atomic mass is 9.78. The molecule has 0 aliphatic carbocycles. The average molecular weight is 343 g/mol. The van der Waals surface area contributed by atoms with Crippen LogP contribution in [0.1, 0.15) is 31.4 Å². The number of hydrogen-bond acceptors (Lipinski definition) is 5. The number of nitrogens with one attached hydrogen (secondary N) is 2. The molecule has 2 N–H and O–H groups in total. The maximum atomic E-state index is 12.9. The van der Waals surface area contributed by atoms with E-state index in [1.807, 2.05) is 31.2 Å². The molecule has 1 atom stereocenters. The molecule has 1 amide bonds. The predicted molar refractivity (Wildman–Crippen MR) is 94.3 cm³/mol. The fourth-order valence-corrected chi connectivity index (χ4v) is 3.31. The summed E-state index contributed by atoms with van der Waals surface area (Å²) in [4.78, 5) is 16.9. The van der Waals surface area contributed by atoms with Crippen molar-refractivity contribution < 1.29 is 9.53 Å². The summed E-state index contributed by atoms with van der Waals surface area (Å²) in [6.07, 6.45) is 4.76. The van der Waals surface area contributed by atoms with E-state index in [0.29, 0.717) is 6.61 Å². The number of carbonyl (C=O) groups is 1. The lowest BCUT2D eigenvalue weighted by Gasteiger charge is -2.36. The lowest BCUT2D eigenvalue weighted by Crippen LogP contribution is -2.50. The first-order valence-corrected chi connectivity index (χ1v) is 8.60. The Morgan fingerprint density at radius 1 is 1.36 bits per heavy atom. The number of ether oxygens (including phenoxy) is 1. The van der Waals surface area contributed by atoms with Gasteiger partial charge in [-0.05, 0) is 50.6 Å². The lowest BCUT2D eigenvalue weighted by molar-refractivity contribution is -0.136. The van der Waals surface area contributed by atoms with Gasteiger partial charge in [-0.1, -0.05) is 12.1 Å². The summed E-state index contributed by atoms with van der Waals surface area (Å²) >= 11 is 0. The fourth-order valence-electron chi connectivity index (χ4n) is 3.31. The monoisotopic (exact) mass is 343 g/mol. The quantitative estimate of drug-likeness (QED) is 0.830. The van der Waals surface area contributed by atoms with Gasteiger partial charge in [0, 0.05) is 7.11 Å². The Bertz CT molecular complexity index is 672. The summed E-state index contributed by atoms with van der Waals surface area (Å²) in [5.74, 6) is 0.0729. The number of hydrogen-bond donors (Lipinski definition) is 2. The zero-order chi connectivity index (χ0) is 17.7. The number of methoxy groups -OCH3 is 1. The van der Waals surface area contributed by atoms with Gasteiger partial charge in [-0.25, -0.2) is 9.67 Å². The second kappa shape index (κ2) is 7.76. The molecule has 7 heteroatoms. The molecule has 3 rings (SSSR count). The van der Waals surface area contributed by atoms with Gasteiger partial charge in [0.1, 0.15) is 12.7 Å². The van der Waals surface area contributed by atoms with Gasteiger partial charge in [0.15, 0.2) is 0 Å². The van der Waals surface area contributed by atoms with Gasteiger partial charge in [0.05, 0.1) is 23.8 Å². The maximum Gasteiger partial charge on any atom is 0.229 e. The number of nitrogens with zero attached hydrogens (tertiary/aromatic N) is 3. The van der Waals surface area contributed by atoms with Crippen LogP contribution in [0.3, 0.4) is 0 Å². The molecule has 0 spiro atoms. The molecule has 1 fully saturated rings. The third-order valence-electron chi connectivity index (χ3n) is 4.89. The zero-order valence-electron chi connectivity index (χ0n) is 14.7. The highest BCUT2D eigenvalue weighted by atomic mass is 16.5. The van der Waals surface area contributed by atoms with Crippen LogP contribution >= 0.6 is 0 Å². The second-order valence-corrected chi connectivity index (χ2v) is 6.59. The Labute approximate surface area is 147 Å². The SMILES string of the molecule is COCC1(C(=O)NC(C)c2ccc(-n3cncn3)cc2)CCNCC1. The number of benzene rings is 1. The summed E-state index contributed by atoms with van der Waals surface area (Å²) in [6.45, 7) is 4.15. The highest BCUT2D eigenvalue weighted by Crippen LogP contribution is 2.30. The smallest absolute Gasteiger partial charge is 0.229 e. The van der Waals surface area contributed by atoms with E-state index < -0.39 is 5.41 Å². The highest BCUT2D eigenvalue weighted by Gasteiger charge is 2.40. The van der Waals surface area contributed by atoms with E-state index in [1.54, 1.807) is 18.1 Å². The van der Waals surface area contributed by atoms with E-state index in [1.165, 1.54) is 6.33 Å². The molecule has 1 unspecified atom stereocenters. The minimum atomic E-state index is -0.436. The van der Waals surface area contributed by atoms with Crippen molar-refractivity contribution in [3.8, 4) is 5.69 Å². The maximum absolute atomic E-state index is 12.9. The molecule has 2 heterocycles. The Hall–Kier alpha value is -2.25. The normalized spacial score (nSPS) is 17.8. The second-order valence-electron chi connectivity index (χ2n) is 6.59. The fraction of sp³-hybridized carbons (Fsp3) is 0.500. The topological polar surface area (TPSA) is 81.1 Å². The molecular formula is C18H25N5O2. The van der Waals surface area contributed by atoms with Crippen molar-refractivity contribution in [2.24, 2.45) is 5.41 Å². The molecule has 0 bridgehead atoms. The molecule has 1 aliphatic rings. The molecule has 2 aromatic rings. The minimum Gasteiger partial charge on any atom is -0.384 e. The van der Waals surface area contributed by atoms with Crippen LogP contribution in [-0.2, 0) is 9.53 Å². The molecule has 0 radical (unpaired) electrons. The van der Waals surface area contributed by atoms with E-state index in [0.717, 1.165) is 37.2 Å². The van der Waals surface area contributed by atoms with E-state index >= 15 is 0 Å². The standard InChI is InChI=1S/C18H25N5O2/c1-14(15-3-5-16(6-4-15)23-13-20-12-21-23)22-17(24)18(11-25-2)7-9-19-10-8-18/h3-6,12-14,19H,7-11H2,1-2H3,(H,22,24). The van der Waals surface area contributed by atoms with Crippen LogP contribution in [0, 0.1) is 5.41 Å². The van der Waals surface area contributed by atoms with Crippen molar-refractivity contribution in [3.05, 3.63) is 42.5 Å². The number of piperidine rings is 1. The number of aromatic nitrogens is 3. The van der Waals surface area contributed by atoms with Crippen LogP contribution in [0.4, 0.5) is 0 Å². The van der Waals surface area contributed by atoms with Gasteiger partial charge in [-0.15, -0.1) is 0 Å². The molecule has 1 aromatic carbocycles. The first-order chi connectivity index (χ1) is 12.1. The van der Waals surface area contributed by atoms with Gasteiger partial charge in [-0.2, -0.15) is 5.10 Å². The van der Waals surface area contributed by atoms with Gasteiger partial charge in [0.2, 0.25) is 5.91 Å². The van der Waals surface area contributed by atoms with Gasteiger partial charge in [0.25, 0.3) is 0 Å². The van der Waals surface area contributed by atoms with Crippen LogP contribution in [0.5, 0.6) is 0 Å². The van der Waals surface area contributed by atoms with Crippen molar-refractivity contribution in [2.75, 3.05) is 26.8 Å². The van der Waals surface area contributed by atoms with E-state index in [9.17, 15) is 4.79 Å². The van der Waals surface area contributed by atoms with Crippen molar-refractivity contribution in [1.29, 1.82) is 0 Å².